The fraction of sp³-hybridized carbons (Fsp3) is 0.750. The van der Waals surface area contributed by atoms with E-state index in [2.05, 4.69) is 32.0 Å². The summed E-state index contributed by atoms with van der Waals surface area (Å²) in [7, 11) is 0. The molecule has 1 amide bonds. The van der Waals surface area contributed by atoms with Crippen LogP contribution in [0.15, 0.2) is 12.4 Å². The summed E-state index contributed by atoms with van der Waals surface area (Å²) < 4.78 is 0. The van der Waals surface area contributed by atoms with E-state index in [1.807, 2.05) is 12.4 Å². The van der Waals surface area contributed by atoms with Crippen LogP contribution in [0.5, 0.6) is 0 Å². The van der Waals surface area contributed by atoms with Crippen molar-refractivity contribution in [1.82, 2.24) is 20.2 Å². The van der Waals surface area contributed by atoms with Gasteiger partial charge in [0.15, 0.2) is 0 Å². The summed E-state index contributed by atoms with van der Waals surface area (Å²) in [5.74, 6) is 1.34. The zero-order chi connectivity index (χ0) is 17.9. The molecule has 1 unspecified atom stereocenters. The SMILES string of the molecule is CCc1cnc(N2CCC(N3CCCC(C(=O)NC4CC4)C3)CC2)nc1. The molecule has 26 heavy (non-hydrogen) atoms. The summed E-state index contributed by atoms with van der Waals surface area (Å²) in [5, 5.41) is 3.19. The minimum Gasteiger partial charge on any atom is -0.353 e. The van der Waals surface area contributed by atoms with E-state index in [0.717, 1.165) is 64.2 Å². The molecule has 0 spiro atoms. The smallest absolute Gasteiger partial charge is 0.225 e. The Kier molecular flexibility index (Phi) is 5.38. The highest BCUT2D eigenvalue weighted by atomic mass is 16.2. The molecule has 1 aliphatic carbocycles. The predicted octanol–water partition coefficient (Wildman–Crippen LogP) is 2.00. The van der Waals surface area contributed by atoms with Gasteiger partial charge in [-0.3, -0.25) is 9.69 Å². The van der Waals surface area contributed by atoms with E-state index < -0.39 is 0 Å². The van der Waals surface area contributed by atoms with Crippen LogP contribution in [0.25, 0.3) is 0 Å². The molecule has 6 nitrogen and oxygen atoms in total. The lowest BCUT2D eigenvalue weighted by molar-refractivity contribution is -0.127. The van der Waals surface area contributed by atoms with Crippen LogP contribution >= 0.6 is 0 Å². The molecule has 2 aliphatic heterocycles. The van der Waals surface area contributed by atoms with Gasteiger partial charge in [-0.1, -0.05) is 6.92 Å². The standard InChI is InChI=1S/C20H31N5O/c1-2-15-12-21-20(22-13-15)24-10-7-18(8-11-24)25-9-3-4-16(14-25)19(26)23-17-5-6-17/h12-13,16-18H,2-11,14H2,1H3,(H,23,26). The maximum atomic E-state index is 12.4. The third-order valence-electron chi connectivity index (χ3n) is 6.11. The van der Waals surface area contributed by atoms with E-state index in [4.69, 9.17) is 0 Å². The highest BCUT2D eigenvalue weighted by Crippen LogP contribution is 2.26. The van der Waals surface area contributed by atoms with Crippen LogP contribution in [0, 0.1) is 5.92 Å². The Morgan fingerprint density at radius 2 is 1.85 bits per heavy atom. The molecule has 1 aromatic rings. The van der Waals surface area contributed by atoms with E-state index >= 15 is 0 Å². The highest BCUT2D eigenvalue weighted by Gasteiger charge is 2.34. The molecule has 3 heterocycles. The van der Waals surface area contributed by atoms with Crippen LogP contribution < -0.4 is 10.2 Å². The number of likely N-dealkylation sites (tertiary alicyclic amines) is 1. The van der Waals surface area contributed by atoms with Crippen molar-refractivity contribution in [3.8, 4) is 0 Å². The number of hydrogen-bond donors (Lipinski definition) is 1. The zero-order valence-corrected chi connectivity index (χ0v) is 15.9. The van der Waals surface area contributed by atoms with Crippen molar-refractivity contribution in [3.63, 3.8) is 0 Å². The third-order valence-corrected chi connectivity index (χ3v) is 6.11. The van der Waals surface area contributed by atoms with Crippen LogP contribution in [0.4, 0.5) is 5.95 Å². The first-order chi connectivity index (χ1) is 12.7. The third kappa shape index (κ3) is 4.17. The fourth-order valence-corrected chi connectivity index (χ4v) is 4.22. The number of amides is 1. The Bertz CT molecular complexity index is 607. The molecule has 4 rings (SSSR count). The fourth-order valence-electron chi connectivity index (χ4n) is 4.22. The first-order valence-corrected chi connectivity index (χ1v) is 10.3. The molecule has 6 heteroatoms. The monoisotopic (exact) mass is 357 g/mol. The molecule has 1 saturated carbocycles. The van der Waals surface area contributed by atoms with Crippen molar-refractivity contribution in [2.45, 2.75) is 64.0 Å². The number of carbonyl (C=O) groups excluding carboxylic acids is 1. The maximum absolute atomic E-state index is 12.4. The van der Waals surface area contributed by atoms with Gasteiger partial charge in [-0.15, -0.1) is 0 Å². The van der Waals surface area contributed by atoms with Crippen molar-refractivity contribution in [3.05, 3.63) is 18.0 Å². The van der Waals surface area contributed by atoms with Gasteiger partial charge in [-0.2, -0.15) is 0 Å². The summed E-state index contributed by atoms with van der Waals surface area (Å²) >= 11 is 0. The number of aryl methyl sites for hydroxylation is 1. The lowest BCUT2D eigenvalue weighted by atomic mass is 9.93. The van der Waals surface area contributed by atoms with Gasteiger partial charge in [-0.05, 0) is 57.1 Å². The number of carbonyl (C=O) groups is 1. The lowest BCUT2D eigenvalue weighted by Gasteiger charge is -2.42. The molecule has 0 bridgehead atoms. The predicted molar refractivity (Wildman–Crippen MR) is 102 cm³/mol. The Hall–Kier alpha value is -1.69. The quantitative estimate of drug-likeness (QED) is 0.873. The van der Waals surface area contributed by atoms with Gasteiger partial charge in [0, 0.05) is 44.1 Å². The molecule has 2 saturated heterocycles. The summed E-state index contributed by atoms with van der Waals surface area (Å²) in [6.45, 7) is 6.21. The number of anilines is 1. The van der Waals surface area contributed by atoms with E-state index in [1.54, 1.807) is 0 Å². The van der Waals surface area contributed by atoms with E-state index in [1.165, 1.54) is 18.4 Å². The molecule has 142 valence electrons. The van der Waals surface area contributed by atoms with Crippen molar-refractivity contribution in [1.29, 1.82) is 0 Å². The van der Waals surface area contributed by atoms with Crippen LogP contribution in [-0.4, -0.2) is 59.0 Å². The molecule has 1 atom stereocenters. The number of hydrogen-bond acceptors (Lipinski definition) is 5. The Morgan fingerprint density at radius 1 is 1.12 bits per heavy atom. The van der Waals surface area contributed by atoms with Crippen molar-refractivity contribution >= 4 is 11.9 Å². The molecule has 3 aliphatic rings. The Labute approximate surface area is 156 Å². The van der Waals surface area contributed by atoms with Crippen LogP contribution in [0.3, 0.4) is 0 Å². The number of piperidine rings is 2. The summed E-state index contributed by atoms with van der Waals surface area (Å²) in [5.41, 5.74) is 1.19. The van der Waals surface area contributed by atoms with Crippen LogP contribution in [0.2, 0.25) is 0 Å². The van der Waals surface area contributed by atoms with Gasteiger partial charge < -0.3 is 10.2 Å². The van der Waals surface area contributed by atoms with Gasteiger partial charge in [0.1, 0.15) is 0 Å². The number of nitrogens with one attached hydrogen (secondary N) is 1. The van der Waals surface area contributed by atoms with E-state index in [-0.39, 0.29) is 5.92 Å². The minimum absolute atomic E-state index is 0.187. The molecular formula is C20H31N5O. The largest absolute Gasteiger partial charge is 0.353 e. The number of rotatable bonds is 5. The Balaban J connectivity index is 1.28. The minimum atomic E-state index is 0.187. The van der Waals surface area contributed by atoms with Crippen LogP contribution in [0.1, 0.15) is 51.0 Å². The molecular weight excluding hydrogens is 326 g/mol. The van der Waals surface area contributed by atoms with Gasteiger partial charge >= 0.3 is 0 Å². The second kappa shape index (κ2) is 7.91. The normalized spacial score (nSPS) is 25.3. The second-order valence-electron chi connectivity index (χ2n) is 8.08. The van der Waals surface area contributed by atoms with Crippen LogP contribution in [-0.2, 0) is 11.2 Å². The number of nitrogens with zero attached hydrogens (tertiary/aromatic N) is 4. The molecule has 0 radical (unpaired) electrons. The highest BCUT2D eigenvalue weighted by molar-refractivity contribution is 5.79. The lowest BCUT2D eigenvalue weighted by Crippen LogP contribution is -2.51. The summed E-state index contributed by atoms with van der Waals surface area (Å²) in [6.07, 6.45) is 11.7. The first kappa shape index (κ1) is 17.7. The summed E-state index contributed by atoms with van der Waals surface area (Å²) in [6, 6.07) is 1.07. The first-order valence-electron chi connectivity index (χ1n) is 10.3. The van der Waals surface area contributed by atoms with Gasteiger partial charge in [0.2, 0.25) is 11.9 Å². The van der Waals surface area contributed by atoms with Crippen molar-refractivity contribution in [2.24, 2.45) is 5.92 Å². The van der Waals surface area contributed by atoms with Crippen molar-refractivity contribution in [2.75, 3.05) is 31.1 Å². The van der Waals surface area contributed by atoms with Gasteiger partial charge in [0.05, 0.1) is 5.92 Å². The number of aromatic nitrogens is 2. The van der Waals surface area contributed by atoms with Gasteiger partial charge in [-0.25, -0.2) is 9.97 Å². The maximum Gasteiger partial charge on any atom is 0.225 e. The van der Waals surface area contributed by atoms with Crippen molar-refractivity contribution < 1.29 is 4.79 Å². The average Bonchev–Trinajstić information content (AvgIpc) is 3.52. The average molecular weight is 358 g/mol. The zero-order valence-electron chi connectivity index (χ0n) is 15.9. The molecule has 1 aromatic heterocycles. The Morgan fingerprint density at radius 3 is 2.50 bits per heavy atom. The van der Waals surface area contributed by atoms with E-state index in [0.29, 0.717) is 18.0 Å². The van der Waals surface area contributed by atoms with E-state index in [9.17, 15) is 4.79 Å². The molecule has 0 aromatic carbocycles. The molecule has 1 N–H and O–H groups in total. The topological polar surface area (TPSA) is 61.4 Å². The van der Waals surface area contributed by atoms with Gasteiger partial charge in [0.25, 0.3) is 0 Å². The second-order valence-corrected chi connectivity index (χ2v) is 8.08. The molecule has 3 fully saturated rings. The summed E-state index contributed by atoms with van der Waals surface area (Å²) in [4.78, 5) is 26.3.